The van der Waals surface area contributed by atoms with Crippen LogP contribution in [-0.4, -0.2) is 0 Å². The topological polar surface area (TPSA) is 13.1 Å². The van der Waals surface area contributed by atoms with Gasteiger partial charge >= 0.3 is 0 Å². The molecular formula is C48H30O. The highest BCUT2D eigenvalue weighted by atomic mass is 16.3. The molecule has 1 heteroatoms. The molecule has 0 saturated carbocycles. The number of para-hydroxylation sites is 2. The third-order valence-corrected chi connectivity index (χ3v) is 10.1. The summed E-state index contributed by atoms with van der Waals surface area (Å²) >= 11 is 0. The first-order chi connectivity index (χ1) is 24.3. The van der Waals surface area contributed by atoms with Crippen molar-refractivity contribution >= 4 is 54.3 Å². The highest BCUT2D eigenvalue weighted by Gasteiger charge is 2.19. The fraction of sp³-hybridized carbons (Fsp3) is 0. The van der Waals surface area contributed by atoms with E-state index >= 15 is 0 Å². The van der Waals surface area contributed by atoms with E-state index in [1.807, 2.05) is 0 Å². The second-order valence-corrected chi connectivity index (χ2v) is 12.8. The van der Waals surface area contributed by atoms with E-state index in [-0.39, 0.29) is 0 Å². The van der Waals surface area contributed by atoms with Gasteiger partial charge in [0.2, 0.25) is 0 Å². The monoisotopic (exact) mass is 622 g/mol. The molecule has 1 heterocycles. The number of rotatable bonds is 4. The molecule has 0 bridgehead atoms. The molecule has 0 fully saturated rings. The zero-order chi connectivity index (χ0) is 32.3. The van der Waals surface area contributed by atoms with Crippen molar-refractivity contribution in [1.82, 2.24) is 0 Å². The Kier molecular flexibility index (Phi) is 6.25. The highest BCUT2D eigenvalue weighted by Crippen LogP contribution is 2.46. The molecule has 0 unspecified atom stereocenters. The number of benzene rings is 9. The molecule has 0 spiro atoms. The van der Waals surface area contributed by atoms with Gasteiger partial charge in [0.05, 0.1) is 0 Å². The van der Waals surface area contributed by atoms with Crippen LogP contribution in [-0.2, 0) is 0 Å². The van der Waals surface area contributed by atoms with Crippen LogP contribution in [0.25, 0.3) is 98.8 Å². The Bertz CT molecular complexity index is 2810. The Morgan fingerprint density at radius 2 is 0.694 bits per heavy atom. The Balaban J connectivity index is 1.21. The quantitative estimate of drug-likeness (QED) is 0.178. The van der Waals surface area contributed by atoms with E-state index in [0.29, 0.717) is 0 Å². The number of furan rings is 1. The smallest absolute Gasteiger partial charge is 0.143 e. The van der Waals surface area contributed by atoms with Crippen LogP contribution < -0.4 is 0 Å². The maximum Gasteiger partial charge on any atom is 0.143 e. The first-order valence-corrected chi connectivity index (χ1v) is 16.9. The van der Waals surface area contributed by atoms with Gasteiger partial charge in [-0.05, 0) is 71.8 Å². The van der Waals surface area contributed by atoms with Gasteiger partial charge in [0.1, 0.15) is 11.2 Å². The first kappa shape index (κ1) is 27.7. The summed E-state index contributed by atoms with van der Waals surface area (Å²) in [7, 11) is 0. The lowest BCUT2D eigenvalue weighted by atomic mass is 9.84. The molecule has 0 aliphatic carbocycles. The molecule has 0 radical (unpaired) electrons. The van der Waals surface area contributed by atoms with Gasteiger partial charge in [-0.25, -0.2) is 0 Å². The maximum atomic E-state index is 6.81. The van der Waals surface area contributed by atoms with Gasteiger partial charge in [0, 0.05) is 21.9 Å². The molecule has 0 N–H and O–H groups in total. The summed E-state index contributed by atoms with van der Waals surface area (Å²) < 4.78 is 6.81. The van der Waals surface area contributed by atoms with Gasteiger partial charge in [-0.15, -0.1) is 0 Å². The van der Waals surface area contributed by atoms with Crippen molar-refractivity contribution in [3.63, 3.8) is 0 Å². The molecule has 0 atom stereocenters. The molecule has 49 heavy (non-hydrogen) atoms. The first-order valence-electron chi connectivity index (χ1n) is 16.9. The normalized spacial score (nSPS) is 11.7. The minimum absolute atomic E-state index is 0.916. The van der Waals surface area contributed by atoms with Crippen molar-refractivity contribution < 1.29 is 4.42 Å². The van der Waals surface area contributed by atoms with Gasteiger partial charge in [-0.2, -0.15) is 0 Å². The van der Waals surface area contributed by atoms with Crippen LogP contribution in [0.1, 0.15) is 0 Å². The lowest BCUT2D eigenvalue weighted by Gasteiger charge is -2.19. The average molecular weight is 623 g/mol. The summed E-state index contributed by atoms with van der Waals surface area (Å²) in [4.78, 5) is 0. The van der Waals surface area contributed by atoms with Gasteiger partial charge in [-0.3, -0.25) is 0 Å². The molecule has 9 aromatic carbocycles. The Morgan fingerprint density at radius 1 is 0.265 bits per heavy atom. The molecule has 1 aromatic heterocycles. The van der Waals surface area contributed by atoms with E-state index in [4.69, 9.17) is 4.42 Å². The predicted molar refractivity (Wildman–Crippen MR) is 208 cm³/mol. The highest BCUT2D eigenvalue weighted by molar-refractivity contribution is 6.23. The van der Waals surface area contributed by atoms with Crippen LogP contribution in [0.3, 0.4) is 0 Å². The molecule has 0 saturated heterocycles. The third kappa shape index (κ3) is 4.33. The lowest BCUT2D eigenvalue weighted by Crippen LogP contribution is -1.92. The Hall–Kier alpha value is -6.44. The summed E-state index contributed by atoms with van der Waals surface area (Å²) in [6.45, 7) is 0. The second kappa shape index (κ2) is 11.1. The van der Waals surface area contributed by atoms with Crippen molar-refractivity contribution in [2.75, 3.05) is 0 Å². The van der Waals surface area contributed by atoms with Crippen molar-refractivity contribution in [3.05, 3.63) is 182 Å². The molecular weight excluding hydrogens is 593 g/mol. The minimum Gasteiger partial charge on any atom is -0.455 e. The Morgan fingerprint density at radius 3 is 1.37 bits per heavy atom. The summed E-state index contributed by atoms with van der Waals surface area (Å²) in [6.07, 6.45) is 0. The fourth-order valence-electron chi connectivity index (χ4n) is 7.91. The summed E-state index contributed by atoms with van der Waals surface area (Å²) in [5, 5.41) is 9.79. The van der Waals surface area contributed by atoms with Crippen molar-refractivity contribution in [1.29, 1.82) is 0 Å². The maximum absolute atomic E-state index is 6.81. The van der Waals surface area contributed by atoms with Crippen molar-refractivity contribution in [2.24, 2.45) is 0 Å². The number of hydrogen-bond acceptors (Lipinski definition) is 1. The van der Waals surface area contributed by atoms with Gasteiger partial charge in [-0.1, -0.05) is 176 Å². The van der Waals surface area contributed by atoms with E-state index < -0.39 is 0 Å². The van der Waals surface area contributed by atoms with Gasteiger partial charge in [0.25, 0.3) is 0 Å². The SMILES string of the molecule is c1ccc(-c2cccc3c2oc2c(-c4cccc(-c5c6ccccc6c(-c6cccc7ccccc67)c6ccccc56)c4)cccc23)cc1. The minimum atomic E-state index is 0.916. The van der Waals surface area contributed by atoms with E-state index in [1.165, 1.54) is 54.6 Å². The largest absolute Gasteiger partial charge is 0.455 e. The molecule has 10 rings (SSSR count). The van der Waals surface area contributed by atoms with E-state index in [1.54, 1.807) is 0 Å². The van der Waals surface area contributed by atoms with Gasteiger partial charge in [0.15, 0.2) is 0 Å². The van der Waals surface area contributed by atoms with Crippen LogP contribution in [0.5, 0.6) is 0 Å². The molecule has 0 aliphatic rings. The molecule has 0 amide bonds. The van der Waals surface area contributed by atoms with Crippen LogP contribution in [0.15, 0.2) is 186 Å². The van der Waals surface area contributed by atoms with Crippen molar-refractivity contribution in [3.8, 4) is 44.5 Å². The lowest BCUT2D eigenvalue weighted by molar-refractivity contribution is 0.671. The molecule has 10 aromatic rings. The zero-order valence-electron chi connectivity index (χ0n) is 26.7. The molecule has 0 aliphatic heterocycles. The van der Waals surface area contributed by atoms with Crippen molar-refractivity contribution in [2.45, 2.75) is 0 Å². The Labute approximate surface area is 284 Å². The molecule has 1 nitrogen and oxygen atoms in total. The van der Waals surface area contributed by atoms with E-state index in [9.17, 15) is 0 Å². The zero-order valence-corrected chi connectivity index (χ0v) is 26.7. The number of fused-ring (bicyclic) bond motifs is 6. The molecule has 228 valence electrons. The van der Waals surface area contributed by atoms with Gasteiger partial charge < -0.3 is 4.42 Å². The summed E-state index contributed by atoms with van der Waals surface area (Å²) in [5.41, 5.74) is 11.3. The average Bonchev–Trinajstić information content (AvgIpc) is 3.56. The van der Waals surface area contributed by atoms with E-state index in [0.717, 1.165) is 44.2 Å². The second-order valence-electron chi connectivity index (χ2n) is 12.8. The van der Waals surface area contributed by atoms with E-state index in [2.05, 4.69) is 182 Å². The third-order valence-electron chi connectivity index (χ3n) is 10.1. The standard InChI is InChI=1S/C48H30O/c1-2-14-32(15-3-1)36-25-12-28-43-44-29-13-26-37(48(44)49-47(36)43)33-18-10-19-34(30-33)45-39-21-6-8-23-41(39)46(42-24-9-7-22-40(42)45)38-27-11-17-31-16-4-5-20-35(31)38/h1-30H. The van der Waals surface area contributed by atoms with Crippen LogP contribution in [0.2, 0.25) is 0 Å². The summed E-state index contributed by atoms with van der Waals surface area (Å²) in [6, 6.07) is 65.6. The fourth-order valence-corrected chi connectivity index (χ4v) is 7.91. The number of hydrogen-bond donors (Lipinski definition) is 0. The van der Waals surface area contributed by atoms with Crippen LogP contribution in [0.4, 0.5) is 0 Å². The summed E-state index contributed by atoms with van der Waals surface area (Å²) in [5.74, 6) is 0. The van der Waals surface area contributed by atoms with Crippen LogP contribution >= 0.6 is 0 Å². The predicted octanol–water partition coefficient (Wildman–Crippen LogP) is 13.7. The van der Waals surface area contributed by atoms with Crippen LogP contribution in [0, 0.1) is 0 Å².